The Morgan fingerprint density at radius 3 is 2.42 bits per heavy atom. The number of rotatable bonds is 6. The SMILES string of the molecule is CC.N=C(CNC(=O)N(CCC(F)(F)F)C(=N)c1ccc(Cl)cc1)C1=C(N)CNCC1. The van der Waals surface area contributed by atoms with Crippen LogP contribution in [0.3, 0.4) is 0 Å². The highest BCUT2D eigenvalue weighted by Crippen LogP contribution is 2.21. The fourth-order valence-corrected chi connectivity index (χ4v) is 2.86. The highest BCUT2D eigenvalue weighted by molar-refractivity contribution is 6.30. The third kappa shape index (κ3) is 8.58. The molecule has 0 aliphatic carbocycles. The van der Waals surface area contributed by atoms with E-state index in [-0.39, 0.29) is 17.8 Å². The summed E-state index contributed by atoms with van der Waals surface area (Å²) >= 11 is 5.79. The molecular formula is C20H28ClF3N6O. The molecule has 0 aromatic heterocycles. The summed E-state index contributed by atoms with van der Waals surface area (Å²) in [5.41, 5.74) is 7.30. The van der Waals surface area contributed by atoms with E-state index in [0.717, 1.165) is 0 Å². The van der Waals surface area contributed by atoms with E-state index in [1.807, 2.05) is 13.8 Å². The number of hydrogen-bond acceptors (Lipinski definition) is 5. The summed E-state index contributed by atoms with van der Waals surface area (Å²) in [7, 11) is 0. The van der Waals surface area contributed by atoms with Crippen LogP contribution in [-0.4, -0.2) is 54.8 Å². The Bertz CT molecular complexity index is 808. The maximum Gasteiger partial charge on any atom is 0.390 e. The van der Waals surface area contributed by atoms with Crippen LogP contribution in [0.1, 0.15) is 32.3 Å². The van der Waals surface area contributed by atoms with Gasteiger partial charge in [-0.15, -0.1) is 0 Å². The molecule has 1 aliphatic rings. The fraction of sp³-hybridized carbons (Fsp3) is 0.450. The molecule has 2 amide bonds. The third-order valence-corrected chi connectivity index (χ3v) is 4.54. The maximum absolute atomic E-state index is 12.7. The molecule has 172 valence electrons. The Hall–Kier alpha value is -2.59. The van der Waals surface area contributed by atoms with Crippen molar-refractivity contribution in [3.63, 3.8) is 0 Å². The number of carbonyl (C=O) groups is 1. The van der Waals surface area contributed by atoms with Crippen LogP contribution in [0, 0.1) is 10.8 Å². The van der Waals surface area contributed by atoms with Crippen LogP contribution >= 0.6 is 11.6 Å². The van der Waals surface area contributed by atoms with Gasteiger partial charge in [0.1, 0.15) is 5.84 Å². The quantitative estimate of drug-likeness (QED) is 0.327. The van der Waals surface area contributed by atoms with E-state index in [0.29, 0.717) is 40.7 Å². The topological polar surface area (TPSA) is 118 Å². The molecule has 31 heavy (non-hydrogen) atoms. The molecule has 0 fully saturated rings. The Balaban J connectivity index is 0.00000233. The molecule has 0 spiro atoms. The summed E-state index contributed by atoms with van der Waals surface area (Å²) in [5.74, 6) is -0.393. The van der Waals surface area contributed by atoms with E-state index in [9.17, 15) is 18.0 Å². The highest BCUT2D eigenvalue weighted by Gasteiger charge is 2.31. The Morgan fingerprint density at radius 2 is 1.87 bits per heavy atom. The second kappa shape index (κ2) is 12.3. The zero-order valence-corrected chi connectivity index (χ0v) is 18.3. The standard InChI is InChI=1S/C18H22ClF3N6O.C2H6/c19-12-3-1-11(2-4-12)16(25)28(8-6-18(20,21)22)17(29)27-10-15(24)13-5-7-26-9-14(13)23;1-2/h1-4,24-26H,5-10,23H2,(H,27,29);1-2H3. The third-order valence-electron chi connectivity index (χ3n) is 4.29. The molecule has 0 saturated carbocycles. The molecule has 7 nitrogen and oxygen atoms in total. The van der Waals surface area contributed by atoms with E-state index in [1.165, 1.54) is 24.3 Å². The van der Waals surface area contributed by atoms with Crippen molar-refractivity contribution in [1.29, 1.82) is 10.8 Å². The molecule has 11 heteroatoms. The first kappa shape index (κ1) is 26.4. The molecule has 0 saturated heterocycles. The zero-order valence-electron chi connectivity index (χ0n) is 17.5. The average molecular weight is 461 g/mol. The number of nitrogens with zero attached hydrogens (tertiary/aromatic N) is 1. The van der Waals surface area contributed by atoms with E-state index in [1.54, 1.807) is 0 Å². The van der Waals surface area contributed by atoms with Gasteiger partial charge in [0.05, 0.1) is 18.7 Å². The summed E-state index contributed by atoms with van der Waals surface area (Å²) in [4.78, 5) is 13.2. The van der Waals surface area contributed by atoms with Crippen LogP contribution in [0.5, 0.6) is 0 Å². The van der Waals surface area contributed by atoms with E-state index in [4.69, 9.17) is 28.2 Å². The van der Waals surface area contributed by atoms with Crippen molar-refractivity contribution in [2.24, 2.45) is 5.73 Å². The smallest absolute Gasteiger partial charge is 0.390 e. The number of amidine groups is 1. The minimum atomic E-state index is -4.49. The number of nitrogens with one attached hydrogen (secondary N) is 4. The fourth-order valence-electron chi connectivity index (χ4n) is 2.73. The van der Waals surface area contributed by atoms with Crippen LogP contribution in [0.25, 0.3) is 0 Å². The number of hydrogen-bond donors (Lipinski definition) is 5. The number of urea groups is 1. The first-order valence-corrected chi connectivity index (χ1v) is 10.2. The van der Waals surface area contributed by atoms with Crippen molar-refractivity contribution in [3.8, 4) is 0 Å². The average Bonchev–Trinajstić information content (AvgIpc) is 2.73. The minimum Gasteiger partial charge on any atom is -0.401 e. The molecule has 0 bridgehead atoms. The molecular weight excluding hydrogens is 433 g/mol. The maximum atomic E-state index is 12.7. The van der Waals surface area contributed by atoms with E-state index >= 15 is 0 Å². The van der Waals surface area contributed by atoms with Crippen LogP contribution in [0.2, 0.25) is 5.02 Å². The monoisotopic (exact) mass is 460 g/mol. The number of amides is 2. The number of nitrogens with two attached hydrogens (primary N) is 1. The van der Waals surface area contributed by atoms with Crippen molar-refractivity contribution in [3.05, 3.63) is 46.1 Å². The highest BCUT2D eigenvalue weighted by atomic mass is 35.5. The normalized spacial score (nSPS) is 13.7. The van der Waals surface area contributed by atoms with Gasteiger partial charge >= 0.3 is 12.2 Å². The lowest BCUT2D eigenvalue weighted by molar-refractivity contribution is -0.135. The van der Waals surface area contributed by atoms with E-state index < -0.39 is 31.0 Å². The predicted molar refractivity (Wildman–Crippen MR) is 117 cm³/mol. The van der Waals surface area contributed by atoms with Gasteiger partial charge in [-0.05, 0) is 42.8 Å². The Kier molecular flexibility index (Phi) is 10.5. The predicted octanol–water partition coefficient (Wildman–Crippen LogP) is 3.88. The summed E-state index contributed by atoms with van der Waals surface area (Å²) < 4.78 is 38.1. The first-order valence-electron chi connectivity index (χ1n) is 9.81. The van der Waals surface area contributed by atoms with Crippen LogP contribution in [0.4, 0.5) is 18.0 Å². The van der Waals surface area contributed by atoms with Gasteiger partial charge < -0.3 is 21.8 Å². The van der Waals surface area contributed by atoms with Crippen molar-refractivity contribution < 1.29 is 18.0 Å². The Labute approximate surface area is 184 Å². The molecule has 1 aromatic carbocycles. The van der Waals surface area contributed by atoms with Crippen LogP contribution < -0.4 is 16.4 Å². The van der Waals surface area contributed by atoms with Gasteiger partial charge in [0.15, 0.2) is 0 Å². The summed E-state index contributed by atoms with van der Waals surface area (Å²) in [5, 5.41) is 22.1. The molecule has 1 heterocycles. The van der Waals surface area contributed by atoms with Gasteiger partial charge in [-0.3, -0.25) is 10.3 Å². The lowest BCUT2D eigenvalue weighted by Gasteiger charge is -2.25. The van der Waals surface area contributed by atoms with Gasteiger partial charge in [-0.1, -0.05) is 25.4 Å². The lowest BCUT2D eigenvalue weighted by atomic mass is 10.0. The second-order valence-corrected chi connectivity index (χ2v) is 6.88. The minimum absolute atomic E-state index is 0.0890. The largest absolute Gasteiger partial charge is 0.401 e. The molecule has 0 unspecified atom stereocenters. The number of benzene rings is 1. The first-order chi connectivity index (χ1) is 14.6. The van der Waals surface area contributed by atoms with Crippen LogP contribution in [0.15, 0.2) is 35.5 Å². The lowest BCUT2D eigenvalue weighted by Crippen LogP contribution is -2.47. The molecule has 1 aromatic rings. The molecule has 0 radical (unpaired) electrons. The summed E-state index contributed by atoms with van der Waals surface area (Å²) in [6.07, 6.45) is -5.23. The van der Waals surface area contributed by atoms with Crippen molar-refractivity contribution in [2.75, 3.05) is 26.2 Å². The van der Waals surface area contributed by atoms with Crippen LogP contribution in [-0.2, 0) is 0 Å². The number of alkyl halides is 3. The number of carbonyl (C=O) groups excluding carboxylic acids is 1. The van der Waals surface area contributed by atoms with Gasteiger partial charge in [-0.25, -0.2) is 4.79 Å². The van der Waals surface area contributed by atoms with Gasteiger partial charge in [0.25, 0.3) is 0 Å². The number of halogens is 4. The molecule has 1 aliphatic heterocycles. The van der Waals surface area contributed by atoms with Crippen molar-refractivity contribution >= 4 is 29.2 Å². The Morgan fingerprint density at radius 1 is 1.26 bits per heavy atom. The van der Waals surface area contributed by atoms with Gasteiger partial charge in [0, 0.05) is 29.4 Å². The summed E-state index contributed by atoms with van der Waals surface area (Å²) in [6, 6.07) is 4.95. The van der Waals surface area contributed by atoms with Gasteiger partial charge in [-0.2, -0.15) is 13.2 Å². The van der Waals surface area contributed by atoms with Crippen molar-refractivity contribution in [1.82, 2.24) is 15.5 Å². The van der Waals surface area contributed by atoms with Crippen molar-refractivity contribution in [2.45, 2.75) is 32.9 Å². The molecule has 0 atom stereocenters. The molecule has 2 rings (SSSR count). The van der Waals surface area contributed by atoms with Gasteiger partial charge in [0.2, 0.25) is 0 Å². The zero-order chi connectivity index (χ0) is 23.6. The van der Waals surface area contributed by atoms with E-state index in [2.05, 4.69) is 10.6 Å². The molecule has 6 N–H and O–H groups in total. The summed E-state index contributed by atoms with van der Waals surface area (Å²) in [6.45, 7) is 4.15. The second-order valence-electron chi connectivity index (χ2n) is 6.44.